The van der Waals surface area contributed by atoms with Crippen LogP contribution in [0.4, 0.5) is 4.39 Å². The number of oxime groups is 1. The van der Waals surface area contributed by atoms with Gasteiger partial charge in [-0.25, -0.2) is 9.18 Å². The Balaban J connectivity index is 1.96. The molecule has 0 spiro atoms. The van der Waals surface area contributed by atoms with Crippen LogP contribution in [0, 0.1) is 5.82 Å². The molecule has 1 aliphatic rings. The van der Waals surface area contributed by atoms with Crippen LogP contribution in [0.3, 0.4) is 0 Å². The maximum atomic E-state index is 14.2. The first-order chi connectivity index (χ1) is 13.5. The lowest BCUT2D eigenvalue weighted by Crippen LogP contribution is -2.34. The van der Waals surface area contributed by atoms with Crippen LogP contribution in [-0.2, 0) is 10.8 Å². The van der Waals surface area contributed by atoms with E-state index in [0.29, 0.717) is 5.71 Å². The second kappa shape index (κ2) is 7.47. The average Bonchev–Trinajstić information content (AvgIpc) is 2.67. The first-order valence-corrected chi connectivity index (χ1v) is 9.63. The third kappa shape index (κ3) is 4.09. The van der Waals surface area contributed by atoms with Crippen LogP contribution in [0.2, 0.25) is 0 Å². The van der Waals surface area contributed by atoms with Gasteiger partial charge < -0.3 is 10.3 Å². The van der Waals surface area contributed by atoms with E-state index < -0.39 is 11.8 Å². The molecule has 0 aliphatic heterocycles. The van der Waals surface area contributed by atoms with Gasteiger partial charge in [-0.2, -0.15) is 0 Å². The van der Waals surface area contributed by atoms with E-state index in [-0.39, 0.29) is 22.0 Å². The van der Waals surface area contributed by atoms with Gasteiger partial charge in [-0.05, 0) is 65.1 Å². The van der Waals surface area contributed by atoms with Crippen molar-refractivity contribution in [3.63, 3.8) is 0 Å². The highest BCUT2D eigenvalue weighted by Gasteiger charge is 2.37. The Morgan fingerprint density at radius 3 is 2.21 bits per heavy atom. The quantitative estimate of drug-likeness (QED) is 0.392. The predicted molar refractivity (Wildman–Crippen MR) is 112 cm³/mol. The monoisotopic (exact) mass is 395 g/mol. The Kier molecular flexibility index (Phi) is 5.35. The lowest BCUT2D eigenvalue weighted by molar-refractivity contribution is 0.0696. The van der Waals surface area contributed by atoms with Crippen LogP contribution in [0.15, 0.2) is 47.6 Å². The number of rotatable bonds is 4. The third-order valence-electron chi connectivity index (χ3n) is 5.92. The van der Waals surface area contributed by atoms with Crippen molar-refractivity contribution < 1.29 is 19.5 Å². The first kappa shape index (κ1) is 20.8. The van der Waals surface area contributed by atoms with E-state index in [2.05, 4.69) is 45.0 Å². The van der Waals surface area contributed by atoms with Crippen LogP contribution in [0.1, 0.15) is 73.1 Å². The SMILES string of the molecule is CC1(C)CCC(C)(C)c2cc(C(/C=C\c3ccc(C(=O)O)cc3F)=NO)ccc21. The smallest absolute Gasteiger partial charge is 0.335 e. The van der Waals surface area contributed by atoms with Crippen LogP contribution >= 0.6 is 0 Å². The van der Waals surface area contributed by atoms with Crippen LogP contribution in [-0.4, -0.2) is 22.0 Å². The summed E-state index contributed by atoms with van der Waals surface area (Å²) in [6.45, 7) is 8.92. The molecule has 0 atom stereocenters. The molecule has 0 unspecified atom stereocenters. The molecule has 2 N–H and O–H groups in total. The zero-order valence-corrected chi connectivity index (χ0v) is 17.2. The summed E-state index contributed by atoms with van der Waals surface area (Å²) in [7, 11) is 0. The standard InChI is InChI=1S/C24H26FNO3/c1-23(2)11-12-24(3,4)19-13-16(7-9-18(19)23)21(26-29)10-8-15-5-6-17(22(27)28)14-20(15)25/h5-10,13-14,29H,11-12H2,1-4H3,(H,27,28)/b10-8-,26-21?. The van der Waals surface area contributed by atoms with Gasteiger partial charge in [0.25, 0.3) is 0 Å². The van der Waals surface area contributed by atoms with Crippen LogP contribution in [0.25, 0.3) is 6.08 Å². The summed E-state index contributed by atoms with van der Waals surface area (Å²) in [5.74, 6) is -1.83. The molecule has 4 nitrogen and oxygen atoms in total. The predicted octanol–water partition coefficient (Wildman–Crippen LogP) is 5.76. The highest BCUT2D eigenvalue weighted by atomic mass is 19.1. The van der Waals surface area contributed by atoms with Gasteiger partial charge in [-0.3, -0.25) is 0 Å². The number of nitrogens with zero attached hydrogens (tertiary/aromatic N) is 1. The molecule has 2 aromatic carbocycles. The van der Waals surface area contributed by atoms with E-state index in [1.54, 1.807) is 0 Å². The van der Waals surface area contributed by atoms with Gasteiger partial charge in [-0.1, -0.05) is 51.0 Å². The fourth-order valence-corrected chi connectivity index (χ4v) is 3.90. The Morgan fingerprint density at radius 1 is 1.00 bits per heavy atom. The molecular formula is C24H26FNO3. The van der Waals surface area contributed by atoms with Crippen molar-refractivity contribution in [1.82, 2.24) is 0 Å². The molecule has 152 valence electrons. The molecule has 1 aliphatic carbocycles. The number of carbonyl (C=O) groups is 1. The topological polar surface area (TPSA) is 69.9 Å². The first-order valence-electron chi connectivity index (χ1n) is 9.63. The highest BCUT2D eigenvalue weighted by Crippen LogP contribution is 2.45. The number of hydrogen-bond donors (Lipinski definition) is 2. The molecule has 2 aromatic rings. The molecule has 0 heterocycles. The van der Waals surface area contributed by atoms with E-state index in [1.807, 2.05) is 6.07 Å². The molecule has 3 rings (SSSR count). The summed E-state index contributed by atoms with van der Waals surface area (Å²) < 4.78 is 14.2. The Hall–Kier alpha value is -2.95. The molecule has 0 radical (unpaired) electrons. The van der Waals surface area contributed by atoms with Gasteiger partial charge in [0.2, 0.25) is 0 Å². The van der Waals surface area contributed by atoms with Gasteiger partial charge >= 0.3 is 5.97 Å². The van der Waals surface area contributed by atoms with Crippen LogP contribution in [0.5, 0.6) is 0 Å². The molecule has 0 aromatic heterocycles. The summed E-state index contributed by atoms with van der Waals surface area (Å²) >= 11 is 0. The van der Waals surface area contributed by atoms with Crippen LogP contribution < -0.4 is 0 Å². The zero-order valence-electron chi connectivity index (χ0n) is 17.2. The van der Waals surface area contributed by atoms with Gasteiger partial charge in [0, 0.05) is 11.1 Å². The molecule has 0 saturated heterocycles. The van der Waals surface area contributed by atoms with Crippen molar-refractivity contribution >= 4 is 17.8 Å². The number of benzene rings is 2. The number of aromatic carboxylic acids is 1. The maximum Gasteiger partial charge on any atom is 0.335 e. The lowest BCUT2D eigenvalue weighted by atomic mass is 9.63. The third-order valence-corrected chi connectivity index (χ3v) is 5.92. The normalized spacial score (nSPS) is 17.9. The minimum Gasteiger partial charge on any atom is -0.478 e. The van der Waals surface area contributed by atoms with Crippen molar-refractivity contribution in [2.45, 2.75) is 51.4 Å². The molecule has 5 heteroatoms. The van der Waals surface area contributed by atoms with Gasteiger partial charge in [0.15, 0.2) is 0 Å². The molecule has 0 fully saturated rings. The van der Waals surface area contributed by atoms with E-state index in [9.17, 15) is 14.4 Å². The fourth-order valence-electron chi connectivity index (χ4n) is 3.90. The molecule has 0 saturated carbocycles. The second-order valence-corrected chi connectivity index (χ2v) is 8.89. The number of hydrogen-bond acceptors (Lipinski definition) is 3. The van der Waals surface area contributed by atoms with E-state index in [0.717, 1.165) is 24.5 Å². The number of allylic oxidation sites excluding steroid dienone is 1. The van der Waals surface area contributed by atoms with E-state index in [1.165, 1.54) is 35.4 Å². The molecule has 29 heavy (non-hydrogen) atoms. The summed E-state index contributed by atoms with van der Waals surface area (Å²) in [6, 6.07) is 9.77. The summed E-state index contributed by atoms with van der Waals surface area (Å²) in [4.78, 5) is 10.9. The summed E-state index contributed by atoms with van der Waals surface area (Å²) in [5.41, 5.74) is 3.80. The maximum absolute atomic E-state index is 14.2. The summed E-state index contributed by atoms with van der Waals surface area (Å²) in [5, 5.41) is 21.9. The summed E-state index contributed by atoms with van der Waals surface area (Å²) in [6.07, 6.45) is 5.18. The number of halogens is 1. The Bertz CT molecular complexity index is 1020. The zero-order chi connectivity index (χ0) is 21.4. The van der Waals surface area contributed by atoms with Crippen molar-refractivity contribution in [2.24, 2.45) is 5.16 Å². The number of carboxylic acids is 1. The largest absolute Gasteiger partial charge is 0.478 e. The van der Waals surface area contributed by atoms with Gasteiger partial charge in [0.1, 0.15) is 11.5 Å². The lowest BCUT2D eigenvalue weighted by Gasteiger charge is -2.42. The van der Waals surface area contributed by atoms with E-state index in [4.69, 9.17) is 5.11 Å². The molecule has 0 amide bonds. The van der Waals surface area contributed by atoms with Crippen molar-refractivity contribution in [1.29, 1.82) is 0 Å². The highest BCUT2D eigenvalue weighted by molar-refractivity contribution is 6.10. The van der Waals surface area contributed by atoms with Crippen molar-refractivity contribution in [2.75, 3.05) is 0 Å². The van der Waals surface area contributed by atoms with Crippen molar-refractivity contribution in [3.05, 3.63) is 76.1 Å². The minimum absolute atomic E-state index is 0.0178. The fraction of sp³-hybridized carbons (Fsp3) is 0.333. The van der Waals surface area contributed by atoms with Gasteiger partial charge in [-0.15, -0.1) is 0 Å². The molecule has 0 bridgehead atoms. The second-order valence-electron chi connectivity index (χ2n) is 8.89. The molecular weight excluding hydrogens is 369 g/mol. The number of carboxylic acid groups (broad SMARTS) is 1. The minimum atomic E-state index is -1.18. The van der Waals surface area contributed by atoms with Gasteiger partial charge in [0.05, 0.1) is 5.56 Å². The average molecular weight is 395 g/mol. The van der Waals surface area contributed by atoms with E-state index >= 15 is 0 Å². The number of fused-ring (bicyclic) bond motifs is 1. The Morgan fingerprint density at radius 2 is 1.62 bits per heavy atom. The Labute approximate surface area is 170 Å². The van der Waals surface area contributed by atoms with Crippen molar-refractivity contribution in [3.8, 4) is 0 Å².